The van der Waals surface area contributed by atoms with Crippen molar-refractivity contribution >= 4 is 29.4 Å². The molecule has 1 aromatic carbocycles. The highest BCUT2D eigenvalue weighted by molar-refractivity contribution is 6.61. The number of likely N-dealkylation sites (tertiary alicyclic amines) is 1. The van der Waals surface area contributed by atoms with Gasteiger partial charge >= 0.3 is 0 Å². The van der Waals surface area contributed by atoms with Crippen LogP contribution in [0.2, 0.25) is 0 Å². The topological polar surface area (TPSA) is 113 Å². The third kappa shape index (κ3) is 4.27. The number of amides is 2. The van der Waals surface area contributed by atoms with Gasteiger partial charge in [-0.15, -0.1) is 0 Å². The van der Waals surface area contributed by atoms with E-state index in [9.17, 15) is 18.4 Å². The minimum atomic E-state index is -1.06. The fraction of sp³-hybridized carbons (Fsp3) is 0.375. The lowest BCUT2D eigenvalue weighted by Gasteiger charge is -2.37. The average Bonchev–Trinajstić information content (AvgIpc) is 3.37. The van der Waals surface area contributed by atoms with Crippen molar-refractivity contribution in [3.63, 3.8) is 0 Å². The maximum Gasteiger partial charge on any atom is 0.274 e. The smallest absolute Gasteiger partial charge is 0.274 e. The normalized spacial score (nSPS) is 23.9. The van der Waals surface area contributed by atoms with Gasteiger partial charge in [0.2, 0.25) is 0 Å². The molecule has 3 aliphatic heterocycles. The predicted molar refractivity (Wildman–Crippen MR) is 123 cm³/mol. The highest BCUT2D eigenvalue weighted by Gasteiger charge is 2.58. The summed E-state index contributed by atoms with van der Waals surface area (Å²) in [5, 5.41) is 3.46. The highest BCUT2D eigenvalue weighted by Crippen LogP contribution is 2.47. The summed E-state index contributed by atoms with van der Waals surface area (Å²) in [7, 11) is 0. The van der Waals surface area contributed by atoms with Crippen LogP contribution in [0.3, 0.4) is 0 Å². The monoisotopic (exact) mass is 482 g/mol. The number of nitrogens with zero attached hydrogens (tertiary/aromatic N) is 5. The van der Waals surface area contributed by atoms with Gasteiger partial charge in [0.25, 0.3) is 11.8 Å². The van der Waals surface area contributed by atoms with E-state index in [2.05, 4.69) is 15.1 Å². The second-order valence-electron chi connectivity index (χ2n) is 8.85. The average molecular weight is 482 g/mol. The lowest BCUT2D eigenvalue weighted by Crippen LogP contribution is -2.53. The van der Waals surface area contributed by atoms with E-state index in [1.807, 2.05) is 0 Å². The van der Waals surface area contributed by atoms with Crippen LogP contribution in [0.15, 0.2) is 52.8 Å². The number of carbonyl (C=O) groups excluding carboxylic acids is 2. The lowest BCUT2D eigenvalue weighted by atomic mass is 9.89. The van der Waals surface area contributed by atoms with E-state index < -0.39 is 29.5 Å². The van der Waals surface area contributed by atoms with Gasteiger partial charge in [-0.25, -0.2) is 13.8 Å². The summed E-state index contributed by atoms with van der Waals surface area (Å²) < 4.78 is 33.8. The summed E-state index contributed by atoms with van der Waals surface area (Å²) in [4.78, 5) is 38.1. The van der Waals surface area contributed by atoms with Crippen LogP contribution in [-0.2, 0) is 14.3 Å². The summed E-state index contributed by atoms with van der Waals surface area (Å²) in [6.07, 6.45) is 5.59. The van der Waals surface area contributed by atoms with Crippen molar-refractivity contribution in [2.75, 3.05) is 13.1 Å². The number of fused-ring (bicyclic) bond motifs is 1. The van der Waals surface area contributed by atoms with Gasteiger partial charge in [0.05, 0.1) is 24.1 Å². The number of halogens is 2. The molecule has 2 amide bonds. The van der Waals surface area contributed by atoms with Crippen molar-refractivity contribution in [2.45, 2.75) is 43.6 Å². The molecule has 1 aromatic heterocycles. The Morgan fingerprint density at radius 1 is 1.20 bits per heavy atom. The number of piperidine rings is 1. The first-order valence-corrected chi connectivity index (χ1v) is 11.4. The molecule has 0 aliphatic carbocycles. The molecule has 0 radical (unpaired) electrons. The Labute approximate surface area is 200 Å². The Balaban J connectivity index is 1.30. The Hall–Kier alpha value is -3.73. The number of hydrogen-bond acceptors (Lipinski definition) is 7. The molecule has 11 heteroatoms. The van der Waals surface area contributed by atoms with E-state index >= 15 is 0 Å². The number of aliphatic imine (C=N–C) groups is 1. The predicted octanol–water partition coefficient (Wildman–Crippen LogP) is 2.46. The van der Waals surface area contributed by atoms with Gasteiger partial charge in [0.1, 0.15) is 23.6 Å². The van der Waals surface area contributed by atoms with Gasteiger partial charge in [-0.05, 0) is 42.7 Å². The molecule has 0 saturated carbocycles. The molecule has 3 fully saturated rings. The lowest BCUT2D eigenvalue weighted by molar-refractivity contribution is -0.146. The summed E-state index contributed by atoms with van der Waals surface area (Å²) >= 11 is 0. The zero-order valence-corrected chi connectivity index (χ0v) is 18.8. The number of rotatable bonds is 4. The number of carbonyl (C=O) groups is 2. The third-order valence-corrected chi connectivity index (χ3v) is 6.76. The van der Waals surface area contributed by atoms with E-state index in [1.165, 1.54) is 24.5 Å². The number of ether oxygens (including phenoxy) is 1. The van der Waals surface area contributed by atoms with Crippen LogP contribution in [0.5, 0.6) is 0 Å². The second kappa shape index (κ2) is 9.14. The molecule has 5 rings (SSSR count). The SMILES string of the molecule is N/N=C\C(=Nc1cccnc1)C(=O)N1CCC2(CC1)OC1CCC(c3cc(F)cc(F)c3)N1C2=O. The molecule has 1 spiro atoms. The zero-order chi connectivity index (χ0) is 24.6. The first kappa shape index (κ1) is 23.0. The van der Waals surface area contributed by atoms with E-state index in [-0.39, 0.29) is 30.6 Å². The standard InChI is InChI=1S/C24H24F2N6O3/c25-16-10-15(11-17(26)12-16)20-3-4-21-32(20)23(34)24(35-21)5-8-31(9-6-24)22(33)19(14-29-27)30-18-2-1-7-28-13-18/h1-2,7,10-14,20-21H,3-6,8-9,27H2/b29-14-,30-19?. The van der Waals surface area contributed by atoms with E-state index in [1.54, 1.807) is 28.1 Å². The maximum absolute atomic E-state index is 13.8. The summed E-state index contributed by atoms with van der Waals surface area (Å²) in [6, 6.07) is 6.29. The molecule has 2 atom stereocenters. The van der Waals surface area contributed by atoms with E-state index in [0.717, 1.165) is 6.07 Å². The number of benzene rings is 1. The van der Waals surface area contributed by atoms with Crippen LogP contribution >= 0.6 is 0 Å². The Morgan fingerprint density at radius 2 is 1.94 bits per heavy atom. The van der Waals surface area contributed by atoms with Crippen molar-refractivity contribution < 1.29 is 23.1 Å². The molecule has 2 unspecified atom stereocenters. The van der Waals surface area contributed by atoms with Gasteiger partial charge in [-0.1, -0.05) is 0 Å². The fourth-order valence-corrected chi connectivity index (χ4v) is 5.13. The van der Waals surface area contributed by atoms with Crippen molar-refractivity contribution in [2.24, 2.45) is 15.9 Å². The van der Waals surface area contributed by atoms with Gasteiger partial charge in [0.15, 0.2) is 5.60 Å². The first-order chi connectivity index (χ1) is 16.9. The molecule has 3 saturated heterocycles. The minimum absolute atomic E-state index is 0.0592. The zero-order valence-electron chi connectivity index (χ0n) is 18.8. The number of hydrazone groups is 1. The molecule has 4 heterocycles. The molecular weight excluding hydrogens is 458 g/mol. The van der Waals surface area contributed by atoms with Crippen molar-refractivity contribution in [3.8, 4) is 0 Å². The fourth-order valence-electron chi connectivity index (χ4n) is 5.13. The Kier molecular flexibility index (Phi) is 6.01. The van der Waals surface area contributed by atoms with Gasteiger partial charge in [-0.3, -0.25) is 14.6 Å². The van der Waals surface area contributed by atoms with Crippen molar-refractivity contribution in [3.05, 3.63) is 59.9 Å². The van der Waals surface area contributed by atoms with Crippen LogP contribution in [0.1, 0.15) is 37.3 Å². The Bertz CT molecular complexity index is 1180. The molecule has 35 heavy (non-hydrogen) atoms. The molecular formula is C24H24F2N6O3. The molecule has 0 bridgehead atoms. The maximum atomic E-state index is 13.8. The summed E-state index contributed by atoms with van der Waals surface area (Å²) in [6.45, 7) is 0.545. The number of hydrogen-bond donors (Lipinski definition) is 1. The van der Waals surface area contributed by atoms with Crippen molar-refractivity contribution in [1.29, 1.82) is 0 Å². The summed E-state index contributed by atoms with van der Waals surface area (Å²) in [5.74, 6) is 3.36. The summed E-state index contributed by atoms with van der Waals surface area (Å²) in [5.41, 5.74) is -0.0962. The van der Waals surface area contributed by atoms with Crippen LogP contribution in [0, 0.1) is 11.6 Å². The van der Waals surface area contributed by atoms with Crippen LogP contribution in [-0.4, -0.2) is 63.4 Å². The first-order valence-electron chi connectivity index (χ1n) is 11.4. The minimum Gasteiger partial charge on any atom is -0.342 e. The molecule has 2 aromatic rings. The van der Waals surface area contributed by atoms with Crippen LogP contribution < -0.4 is 5.84 Å². The van der Waals surface area contributed by atoms with Crippen LogP contribution in [0.25, 0.3) is 0 Å². The van der Waals surface area contributed by atoms with Gasteiger partial charge in [0, 0.05) is 38.2 Å². The van der Waals surface area contributed by atoms with E-state index in [0.29, 0.717) is 36.9 Å². The molecule has 182 valence electrons. The van der Waals surface area contributed by atoms with Crippen molar-refractivity contribution in [1.82, 2.24) is 14.8 Å². The third-order valence-electron chi connectivity index (χ3n) is 6.76. The Morgan fingerprint density at radius 3 is 2.60 bits per heavy atom. The number of nitrogens with two attached hydrogens (primary N) is 1. The second-order valence-corrected chi connectivity index (χ2v) is 8.85. The highest BCUT2D eigenvalue weighted by atomic mass is 19.1. The largest absolute Gasteiger partial charge is 0.342 e. The van der Waals surface area contributed by atoms with Crippen LogP contribution in [0.4, 0.5) is 14.5 Å². The molecule has 9 nitrogen and oxygen atoms in total. The molecule has 3 aliphatic rings. The van der Waals surface area contributed by atoms with Gasteiger partial charge < -0.3 is 20.4 Å². The van der Waals surface area contributed by atoms with E-state index in [4.69, 9.17) is 10.6 Å². The molecule has 2 N–H and O–H groups in total. The number of pyridine rings is 1. The van der Waals surface area contributed by atoms with Gasteiger partial charge in [-0.2, -0.15) is 5.10 Å². The quantitative estimate of drug-likeness (QED) is 0.409. The number of aromatic nitrogens is 1.